The highest BCUT2D eigenvalue weighted by Crippen LogP contribution is 2.29. The number of nitrogens with two attached hydrogens (primary N) is 1. The molecule has 0 spiro atoms. The van der Waals surface area contributed by atoms with E-state index in [4.69, 9.17) is 11.0 Å². The second kappa shape index (κ2) is 5.52. The van der Waals surface area contributed by atoms with Gasteiger partial charge in [-0.3, -0.25) is 0 Å². The summed E-state index contributed by atoms with van der Waals surface area (Å²) < 4.78 is 0. The topological polar surface area (TPSA) is 49.8 Å². The van der Waals surface area contributed by atoms with Crippen LogP contribution in [0.2, 0.25) is 0 Å². The Kier molecular flexibility index (Phi) is 5.46. The van der Waals surface area contributed by atoms with Crippen LogP contribution in [0.15, 0.2) is 0 Å². The third-order valence-corrected chi connectivity index (χ3v) is 3.16. The smallest absolute Gasteiger partial charge is 0.0621 e. The highest BCUT2D eigenvalue weighted by molar-refractivity contribution is 7.37. The van der Waals surface area contributed by atoms with E-state index >= 15 is 0 Å². The van der Waals surface area contributed by atoms with Gasteiger partial charge >= 0.3 is 0 Å². The molecule has 11 heavy (non-hydrogen) atoms. The molecule has 0 aromatic carbocycles. The molecule has 0 heterocycles. The molecule has 0 aromatic rings. The van der Waals surface area contributed by atoms with Crippen LogP contribution in [0, 0.1) is 16.7 Å². The summed E-state index contributed by atoms with van der Waals surface area (Å²) in [6, 6.07) is 2.17. The van der Waals surface area contributed by atoms with Gasteiger partial charge in [0, 0.05) is 12.7 Å². The van der Waals surface area contributed by atoms with E-state index in [1.807, 2.05) is 0 Å². The molecule has 0 bridgehead atoms. The lowest BCUT2D eigenvalue weighted by atomic mass is 9.91. The summed E-state index contributed by atoms with van der Waals surface area (Å²) >= 11 is 0. The Hall–Kier alpha value is -0.120. The van der Waals surface area contributed by atoms with Gasteiger partial charge < -0.3 is 5.73 Å². The molecule has 0 aromatic heterocycles. The van der Waals surface area contributed by atoms with Crippen molar-refractivity contribution in [3.05, 3.63) is 0 Å². The third kappa shape index (κ3) is 6.28. The van der Waals surface area contributed by atoms with Crippen LogP contribution in [0.25, 0.3) is 0 Å². The fraction of sp³-hybridized carbons (Fsp3) is 0.875. The molecule has 1 atom stereocenters. The van der Waals surface area contributed by atoms with Crippen molar-refractivity contribution in [3.8, 4) is 6.07 Å². The van der Waals surface area contributed by atoms with E-state index in [2.05, 4.69) is 19.9 Å². The van der Waals surface area contributed by atoms with Crippen molar-refractivity contribution < 1.29 is 0 Å². The third-order valence-electron chi connectivity index (χ3n) is 1.66. The zero-order chi connectivity index (χ0) is 8.74. The van der Waals surface area contributed by atoms with Crippen molar-refractivity contribution in [3.63, 3.8) is 0 Å². The highest BCUT2D eigenvalue weighted by Gasteiger charge is 2.15. The van der Waals surface area contributed by atoms with Crippen molar-refractivity contribution in [2.45, 2.75) is 26.7 Å². The molecule has 0 fully saturated rings. The first-order valence-corrected chi connectivity index (χ1v) is 5.31. The van der Waals surface area contributed by atoms with Gasteiger partial charge in [0.25, 0.3) is 0 Å². The van der Waals surface area contributed by atoms with Gasteiger partial charge in [0.1, 0.15) is 0 Å². The molecule has 0 aliphatic heterocycles. The predicted octanol–water partition coefficient (Wildman–Crippen LogP) is 1.91. The van der Waals surface area contributed by atoms with Crippen LogP contribution in [-0.2, 0) is 0 Å². The van der Waals surface area contributed by atoms with Gasteiger partial charge in [0.05, 0.1) is 6.07 Å². The predicted molar refractivity (Wildman–Crippen MR) is 50.9 cm³/mol. The van der Waals surface area contributed by atoms with Gasteiger partial charge in [0.15, 0.2) is 0 Å². The molecular formula is C8H17N2P. The lowest BCUT2D eigenvalue weighted by Gasteiger charge is -2.22. The quantitative estimate of drug-likeness (QED) is 0.644. The Morgan fingerprint density at radius 3 is 2.64 bits per heavy atom. The van der Waals surface area contributed by atoms with Crippen LogP contribution < -0.4 is 5.73 Å². The van der Waals surface area contributed by atoms with E-state index in [-0.39, 0.29) is 0 Å². The SMILES string of the molecule is CC(C)(CCC#N)CPCN. The molecule has 3 heteroatoms. The van der Waals surface area contributed by atoms with Crippen LogP contribution >= 0.6 is 8.58 Å². The first-order chi connectivity index (χ1) is 5.12. The summed E-state index contributed by atoms with van der Waals surface area (Å²) in [6.45, 7) is 4.40. The maximum absolute atomic E-state index is 8.38. The molecule has 64 valence electrons. The number of hydrogen-bond acceptors (Lipinski definition) is 2. The molecule has 0 aliphatic rings. The maximum atomic E-state index is 8.38. The lowest BCUT2D eigenvalue weighted by molar-refractivity contribution is 0.391. The zero-order valence-corrected chi connectivity index (χ0v) is 8.35. The average Bonchev–Trinajstić information content (AvgIpc) is 1.97. The van der Waals surface area contributed by atoms with Gasteiger partial charge in [-0.05, 0) is 18.0 Å². The molecule has 0 saturated carbocycles. The van der Waals surface area contributed by atoms with Crippen LogP contribution in [0.5, 0.6) is 0 Å². The Bertz CT molecular complexity index is 138. The fourth-order valence-corrected chi connectivity index (χ4v) is 1.89. The summed E-state index contributed by atoms with van der Waals surface area (Å²) in [4.78, 5) is 0. The maximum Gasteiger partial charge on any atom is 0.0621 e. The molecule has 0 aliphatic carbocycles. The van der Waals surface area contributed by atoms with Crippen molar-refractivity contribution in [2.75, 3.05) is 12.4 Å². The molecule has 0 saturated heterocycles. The van der Waals surface area contributed by atoms with Gasteiger partial charge in [-0.1, -0.05) is 13.8 Å². The van der Waals surface area contributed by atoms with E-state index in [0.29, 0.717) is 11.8 Å². The summed E-state index contributed by atoms with van der Waals surface area (Å²) in [7, 11) is 0.846. The minimum Gasteiger partial charge on any atom is -0.327 e. The van der Waals surface area contributed by atoms with Crippen LogP contribution in [0.4, 0.5) is 0 Å². The molecule has 0 radical (unpaired) electrons. The van der Waals surface area contributed by atoms with Crippen LogP contribution in [0.3, 0.4) is 0 Å². The standard InChI is InChI=1S/C8H17N2P/c1-8(2,4-3-5-9)6-11-7-10/h11H,3-4,6-7,10H2,1-2H3. The Morgan fingerprint density at radius 1 is 1.55 bits per heavy atom. The first kappa shape index (κ1) is 10.9. The zero-order valence-electron chi connectivity index (χ0n) is 7.35. The summed E-state index contributed by atoms with van der Waals surface area (Å²) in [5.74, 6) is 0. The van der Waals surface area contributed by atoms with Crippen molar-refractivity contribution in [2.24, 2.45) is 11.1 Å². The minimum atomic E-state index is 0.313. The molecule has 2 N–H and O–H groups in total. The summed E-state index contributed by atoms with van der Waals surface area (Å²) in [6.07, 6.45) is 3.61. The van der Waals surface area contributed by atoms with Crippen molar-refractivity contribution in [1.29, 1.82) is 5.26 Å². The van der Waals surface area contributed by atoms with Gasteiger partial charge in [-0.15, -0.1) is 8.58 Å². The largest absolute Gasteiger partial charge is 0.327 e. The number of nitriles is 1. The monoisotopic (exact) mass is 172 g/mol. The minimum absolute atomic E-state index is 0.313. The second-order valence-electron chi connectivity index (χ2n) is 3.45. The van der Waals surface area contributed by atoms with Crippen LogP contribution in [0.1, 0.15) is 26.7 Å². The van der Waals surface area contributed by atoms with E-state index < -0.39 is 0 Å². The molecule has 0 rings (SSSR count). The summed E-state index contributed by atoms with van der Waals surface area (Å²) in [5, 5.41) is 8.38. The Balaban J connectivity index is 3.54. The van der Waals surface area contributed by atoms with E-state index in [1.165, 1.54) is 0 Å². The lowest BCUT2D eigenvalue weighted by Crippen LogP contribution is -2.14. The van der Waals surface area contributed by atoms with Crippen LogP contribution in [-0.4, -0.2) is 12.4 Å². The van der Waals surface area contributed by atoms with E-state index in [0.717, 1.165) is 27.4 Å². The van der Waals surface area contributed by atoms with Gasteiger partial charge in [-0.2, -0.15) is 5.26 Å². The highest BCUT2D eigenvalue weighted by atomic mass is 31.1. The number of nitrogens with zero attached hydrogens (tertiary/aromatic N) is 1. The summed E-state index contributed by atoms with van der Waals surface area (Å²) in [5.41, 5.74) is 5.72. The number of hydrogen-bond donors (Lipinski definition) is 1. The van der Waals surface area contributed by atoms with E-state index in [9.17, 15) is 0 Å². The van der Waals surface area contributed by atoms with Crippen molar-refractivity contribution >= 4 is 8.58 Å². The molecule has 1 unspecified atom stereocenters. The van der Waals surface area contributed by atoms with Crippen molar-refractivity contribution in [1.82, 2.24) is 0 Å². The molecule has 2 nitrogen and oxygen atoms in total. The Labute approximate surface area is 70.9 Å². The first-order valence-electron chi connectivity index (χ1n) is 3.90. The van der Waals surface area contributed by atoms with Gasteiger partial charge in [0.2, 0.25) is 0 Å². The second-order valence-corrected chi connectivity index (χ2v) is 4.72. The van der Waals surface area contributed by atoms with E-state index in [1.54, 1.807) is 0 Å². The normalized spacial score (nSPS) is 12.2. The average molecular weight is 172 g/mol. The Morgan fingerprint density at radius 2 is 2.18 bits per heavy atom. The molecular weight excluding hydrogens is 155 g/mol. The number of rotatable bonds is 5. The fourth-order valence-electron chi connectivity index (χ4n) is 0.893. The molecule has 0 amide bonds. The van der Waals surface area contributed by atoms with Gasteiger partial charge in [-0.25, -0.2) is 0 Å².